The van der Waals surface area contributed by atoms with Crippen molar-refractivity contribution in [3.05, 3.63) is 0 Å². The number of carbonyl (C=O) groups is 1. The maximum Gasteiger partial charge on any atom is 0.153 e. The van der Waals surface area contributed by atoms with Gasteiger partial charge in [0.2, 0.25) is 0 Å². The number of Topliss-reactive ketones (excluding diaryl/α,β-unsaturated/α-hetero) is 1. The molecule has 0 aliphatic carbocycles. The van der Waals surface area contributed by atoms with Crippen molar-refractivity contribution in [1.82, 2.24) is 4.90 Å². The number of rotatable bonds is 10. The fraction of sp³-hybridized carbons (Fsp3) is 0.938. The van der Waals surface area contributed by atoms with Gasteiger partial charge in [0.1, 0.15) is 0 Å². The number of hydrogen-bond donors (Lipinski definition) is 0. The number of ether oxygens (including phenoxy) is 1. The van der Waals surface area contributed by atoms with Gasteiger partial charge in [-0.3, -0.25) is 9.69 Å². The van der Waals surface area contributed by atoms with Crippen LogP contribution in [0.1, 0.15) is 67.2 Å². The Hall–Kier alpha value is -0.410. The van der Waals surface area contributed by atoms with E-state index in [-0.39, 0.29) is 11.1 Å². The average molecular weight is 271 g/mol. The maximum atomic E-state index is 12.8. The van der Waals surface area contributed by atoms with Crippen molar-refractivity contribution in [2.24, 2.45) is 0 Å². The van der Waals surface area contributed by atoms with Crippen LogP contribution in [0.5, 0.6) is 0 Å². The van der Waals surface area contributed by atoms with Crippen LogP contribution in [0, 0.1) is 0 Å². The van der Waals surface area contributed by atoms with E-state index in [1.807, 2.05) is 13.8 Å². The molecule has 0 aliphatic heterocycles. The Kier molecular flexibility index (Phi) is 7.83. The zero-order valence-electron chi connectivity index (χ0n) is 14.0. The van der Waals surface area contributed by atoms with Crippen molar-refractivity contribution in [3.63, 3.8) is 0 Å². The van der Waals surface area contributed by atoms with Crippen LogP contribution in [0.2, 0.25) is 0 Å². The molecule has 0 spiro atoms. The van der Waals surface area contributed by atoms with E-state index in [2.05, 4.69) is 32.6 Å². The Morgan fingerprint density at radius 1 is 1.05 bits per heavy atom. The molecule has 0 rings (SSSR count). The molecular formula is C16H33NO2. The van der Waals surface area contributed by atoms with Gasteiger partial charge in [0.25, 0.3) is 0 Å². The van der Waals surface area contributed by atoms with Gasteiger partial charge >= 0.3 is 0 Å². The highest BCUT2D eigenvalue weighted by molar-refractivity contribution is 5.88. The normalized spacial score (nSPS) is 13.1. The summed E-state index contributed by atoms with van der Waals surface area (Å²) < 4.78 is 5.42. The number of methoxy groups -OCH3 is 1. The molecule has 0 saturated heterocycles. The predicted octanol–water partition coefficient (Wildman–Crippen LogP) is 3.66. The Balaban J connectivity index is 4.93. The fourth-order valence-corrected chi connectivity index (χ4v) is 2.85. The molecular weight excluding hydrogens is 238 g/mol. The van der Waals surface area contributed by atoms with Crippen LogP contribution < -0.4 is 0 Å². The molecule has 0 unspecified atom stereocenters. The molecule has 0 aromatic rings. The second-order valence-corrected chi connectivity index (χ2v) is 5.80. The Bertz CT molecular complexity index is 266. The van der Waals surface area contributed by atoms with Gasteiger partial charge in [-0.2, -0.15) is 0 Å². The Morgan fingerprint density at radius 3 is 1.84 bits per heavy atom. The molecule has 0 atom stereocenters. The van der Waals surface area contributed by atoms with Gasteiger partial charge < -0.3 is 4.74 Å². The maximum absolute atomic E-state index is 12.8. The summed E-state index contributed by atoms with van der Waals surface area (Å²) in [7, 11) is 1.71. The highest BCUT2D eigenvalue weighted by Crippen LogP contribution is 2.28. The summed E-state index contributed by atoms with van der Waals surface area (Å²) in [4.78, 5) is 15.1. The standard InChI is InChI=1S/C16H33NO2/c1-8-16(9-2,17(10-3)11-4)14(18)12-13-15(5,6)19-7/h8-13H2,1-7H3. The lowest BCUT2D eigenvalue weighted by Crippen LogP contribution is -2.54. The quantitative estimate of drug-likeness (QED) is 0.607. The highest BCUT2D eigenvalue weighted by Gasteiger charge is 2.39. The lowest BCUT2D eigenvalue weighted by Gasteiger charge is -2.41. The Labute approximate surface area is 119 Å². The smallest absolute Gasteiger partial charge is 0.153 e. The van der Waals surface area contributed by atoms with Gasteiger partial charge in [-0.05, 0) is 46.2 Å². The molecule has 0 bridgehead atoms. The molecule has 0 aromatic carbocycles. The van der Waals surface area contributed by atoms with Crippen molar-refractivity contribution in [3.8, 4) is 0 Å². The summed E-state index contributed by atoms with van der Waals surface area (Å²) in [5, 5.41) is 0. The molecule has 3 nitrogen and oxygen atoms in total. The highest BCUT2D eigenvalue weighted by atomic mass is 16.5. The van der Waals surface area contributed by atoms with Crippen LogP contribution in [0.25, 0.3) is 0 Å². The van der Waals surface area contributed by atoms with E-state index in [0.717, 1.165) is 32.4 Å². The van der Waals surface area contributed by atoms with Crippen molar-refractivity contribution >= 4 is 5.78 Å². The van der Waals surface area contributed by atoms with Crippen molar-refractivity contribution in [2.45, 2.75) is 78.4 Å². The number of nitrogens with zero attached hydrogens (tertiary/aromatic N) is 1. The summed E-state index contributed by atoms with van der Waals surface area (Å²) in [5.41, 5.74) is -0.501. The van der Waals surface area contributed by atoms with Gasteiger partial charge in [0.05, 0.1) is 11.1 Å². The second-order valence-electron chi connectivity index (χ2n) is 5.80. The Morgan fingerprint density at radius 2 is 1.53 bits per heavy atom. The van der Waals surface area contributed by atoms with Gasteiger partial charge in [-0.15, -0.1) is 0 Å². The number of hydrogen-bond acceptors (Lipinski definition) is 3. The van der Waals surface area contributed by atoms with E-state index in [1.165, 1.54) is 0 Å². The first-order valence-corrected chi connectivity index (χ1v) is 7.67. The van der Waals surface area contributed by atoms with Crippen molar-refractivity contribution in [1.29, 1.82) is 0 Å². The van der Waals surface area contributed by atoms with E-state index in [1.54, 1.807) is 7.11 Å². The second kappa shape index (κ2) is 8.01. The summed E-state index contributed by atoms with van der Waals surface area (Å²) in [6.45, 7) is 14.5. The first kappa shape index (κ1) is 18.6. The van der Waals surface area contributed by atoms with Gasteiger partial charge in [-0.25, -0.2) is 0 Å². The van der Waals surface area contributed by atoms with Crippen LogP contribution in [0.4, 0.5) is 0 Å². The zero-order valence-corrected chi connectivity index (χ0v) is 14.0. The van der Waals surface area contributed by atoms with E-state index >= 15 is 0 Å². The molecule has 0 fully saturated rings. The number of ketones is 1. The largest absolute Gasteiger partial charge is 0.379 e. The monoisotopic (exact) mass is 271 g/mol. The number of likely N-dealkylation sites (N-methyl/N-ethyl adjacent to an activating group) is 1. The molecule has 0 amide bonds. The van der Waals surface area contributed by atoms with Crippen LogP contribution in [0.15, 0.2) is 0 Å². The van der Waals surface area contributed by atoms with Gasteiger partial charge in [0.15, 0.2) is 5.78 Å². The minimum atomic E-state index is -0.284. The SMILES string of the molecule is CCN(CC)C(CC)(CC)C(=O)CCC(C)(C)OC. The van der Waals surface area contributed by atoms with Crippen LogP contribution >= 0.6 is 0 Å². The predicted molar refractivity (Wildman–Crippen MR) is 81.6 cm³/mol. The van der Waals surface area contributed by atoms with Gasteiger partial charge in [0, 0.05) is 13.5 Å². The third-order valence-electron chi connectivity index (χ3n) is 4.56. The van der Waals surface area contributed by atoms with Crippen LogP contribution in [-0.2, 0) is 9.53 Å². The van der Waals surface area contributed by atoms with Crippen molar-refractivity contribution in [2.75, 3.05) is 20.2 Å². The summed E-state index contributed by atoms with van der Waals surface area (Å²) in [6.07, 6.45) is 3.15. The van der Waals surface area contributed by atoms with E-state index < -0.39 is 0 Å². The topological polar surface area (TPSA) is 29.5 Å². The molecule has 0 heterocycles. The molecule has 19 heavy (non-hydrogen) atoms. The minimum Gasteiger partial charge on any atom is -0.379 e. The summed E-state index contributed by atoms with van der Waals surface area (Å²) >= 11 is 0. The average Bonchev–Trinajstić information content (AvgIpc) is 2.42. The molecule has 0 radical (unpaired) electrons. The molecule has 0 aromatic heterocycles. The van der Waals surface area contributed by atoms with Gasteiger partial charge in [-0.1, -0.05) is 27.7 Å². The summed E-state index contributed by atoms with van der Waals surface area (Å²) in [6, 6.07) is 0. The number of carbonyl (C=O) groups excluding carboxylic acids is 1. The first-order chi connectivity index (χ1) is 8.83. The molecule has 0 saturated carbocycles. The lowest BCUT2D eigenvalue weighted by molar-refractivity contribution is -0.133. The lowest BCUT2D eigenvalue weighted by atomic mass is 9.82. The third kappa shape index (κ3) is 4.57. The van der Waals surface area contributed by atoms with E-state index in [0.29, 0.717) is 12.2 Å². The fourth-order valence-electron chi connectivity index (χ4n) is 2.85. The van der Waals surface area contributed by atoms with Crippen LogP contribution in [-0.4, -0.2) is 42.0 Å². The molecule has 0 N–H and O–H groups in total. The van der Waals surface area contributed by atoms with Crippen LogP contribution in [0.3, 0.4) is 0 Å². The van der Waals surface area contributed by atoms with E-state index in [4.69, 9.17) is 4.74 Å². The third-order valence-corrected chi connectivity index (χ3v) is 4.56. The minimum absolute atomic E-state index is 0.216. The first-order valence-electron chi connectivity index (χ1n) is 7.67. The zero-order chi connectivity index (χ0) is 15.1. The van der Waals surface area contributed by atoms with E-state index in [9.17, 15) is 4.79 Å². The van der Waals surface area contributed by atoms with Crippen molar-refractivity contribution < 1.29 is 9.53 Å². The molecule has 114 valence electrons. The molecule has 3 heteroatoms. The summed E-state index contributed by atoms with van der Waals surface area (Å²) in [5.74, 6) is 0.367. The molecule has 0 aliphatic rings.